The number of anilines is 1. The third kappa shape index (κ3) is 2.96. The maximum absolute atomic E-state index is 12.7. The van der Waals surface area contributed by atoms with Crippen LogP contribution in [0, 0.1) is 13.8 Å². The first kappa shape index (κ1) is 17.6. The maximum atomic E-state index is 12.7. The Morgan fingerprint density at radius 3 is 2.93 bits per heavy atom. The highest BCUT2D eigenvalue weighted by Gasteiger charge is 2.35. The van der Waals surface area contributed by atoms with Gasteiger partial charge < -0.3 is 9.42 Å². The van der Waals surface area contributed by atoms with E-state index in [9.17, 15) is 4.79 Å². The van der Waals surface area contributed by atoms with Crippen molar-refractivity contribution in [3.63, 3.8) is 0 Å². The summed E-state index contributed by atoms with van der Waals surface area (Å²) in [5.41, 5.74) is 4.76. The fourth-order valence-corrected chi connectivity index (χ4v) is 5.41. The van der Waals surface area contributed by atoms with E-state index in [0.717, 1.165) is 29.0 Å². The number of thiophene rings is 1. The number of fused-ring (bicyclic) bond motifs is 1. The number of aromatic nitrogens is 2. The monoisotopic (exact) mass is 393 g/mol. The van der Waals surface area contributed by atoms with Crippen molar-refractivity contribution in [2.75, 3.05) is 11.4 Å². The number of rotatable bonds is 3. The molecular weight excluding hydrogens is 370 g/mol. The quantitative estimate of drug-likeness (QED) is 0.640. The van der Waals surface area contributed by atoms with Gasteiger partial charge in [0.15, 0.2) is 5.82 Å². The summed E-state index contributed by atoms with van der Waals surface area (Å²) >= 11 is 1.77. The van der Waals surface area contributed by atoms with Crippen LogP contribution in [0.15, 0.2) is 28.8 Å². The lowest BCUT2D eigenvalue weighted by Crippen LogP contribution is -2.25. The number of carbonyl (C=O) groups is 1. The molecule has 1 aromatic carbocycles. The first-order chi connectivity index (χ1) is 13.6. The number of hydrogen-bond acceptors (Lipinski definition) is 5. The molecule has 144 valence electrons. The smallest absolute Gasteiger partial charge is 0.268 e. The van der Waals surface area contributed by atoms with Crippen LogP contribution in [0.3, 0.4) is 0 Å². The van der Waals surface area contributed by atoms with Gasteiger partial charge >= 0.3 is 0 Å². The molecule has 0 saturated carbocycles. The first-order valence-electron chi connectivity index (χ1n) is 9.92. The molecule has 3 heterocycles. The predicted octanol–water partition coefficient (Wildman–Crippen LogP) is 4.81. The van der Waals surface area contributed by atoms with E-state index in [0.29, 0.717) is 24.7 Å². The summed E-state index contributed by atoms with van der Waals surface area (Å²) in [6, 6.07) is 8.30. The fourth-order valence-electron chi connectivity index (χ4n) is 4.24. The Hall–Kier alpha value is -2.47. The molecule has 0 N–H and O–H groups in total. The summed E-state index contributed by atoms with van der Waals surface area (Å²) in [5.74, 6) is 1.32. The van der Waals surface area contributed by atoms with Gasteiger partial charge in [-0.25, -0.2) is 0 Å². The third-order valence-corrected chi connectivity index (χ3v) is 7.23. The van der Waals surface area contributed by atoms with Crippen molar-refractivity contribution >= 4 is 22.9 Å². The molecule has 0 spiro atoms. The molecule has 1 aliphatic carbocycles. The second-order valence-electron chi connectivity index (χ2n) is 7.85. The number of amides is 1. The van der Waals surface area contributed by atoms with Crippen LogP contribution < -0.4 is 4.90 Å². The Balaban J connectivity index is 1.38. The van der Waals surface area contributed by atoms with Crippen molar-refractivity contribution in [3.8, 4) is 10.8 Å². The van der Waals surface area contributed by atoms with E-state index in [4.69, 9.17) is 4.52 Å². The van der Waals surface area contributed by atoms with Crippen molar-refractivity contribution in [1.82, 2.24) is 10.1 Å². The molecule has 1 unspecified atom stereocenters. The average Bonchev–Trinajstić information content (AvgIpc) is 3.41. The highest BCUT2D eigenvalue weighted by atomic mass is 32.1. The van der Waals surface area contributed by atoms with E-state index in [-0.39, 0.29) is 11.8 Å². The molecule has 2 aromatic heterocycles. The van der Waals surface area contributed by atoms with Gasteiger partial charge in [-0.1, -0.05) is 17.3 Å². The Kier molecular flexibility index (Phi) is 4.31. The number of hydrogen-bond donors (Lipinski definition) is 0. The maximum Gasteiger partial charge on any atom is 0.268 e. The minimum Gasteiger partial charge on any atom is -0.333 e. The highest BCUT2D eigenvalue weighted by Crippen LogP contribution is 2.37. The zero-order chi connectivity index (χ0) is 19.3. The van der Waals surface area contributed by atoms with Gasteiger partial charge in [-0.3, -0.25) is 4.79 Å². The largest absolute Gasteiger partial charge is 0.333 e. The minimum atomic E-state index is -0.0282. The van der Waals surface area contributed by atoms with E-state index in [1.54, 1.807) is 11.3 Å². The summed E-state index contributed by atoms with van der Waals surface area (Å²) in [6.07, 6.45) is 5.25. The minimum absolute atomic E-state index is 0.0282. The molecule has 0 radical (unpaired) electrons. The molecule has 1 atom stereocenters. The molecule has 28 heavy (non-hydrogen) atoms. The Bertz CT molecular complexity index is 1030. The number of carbonyl (C=O) groups excluding carboxylic acids is 1. The Labute approximate surface area is 168 Å². The predicted molar refractivity (Wildman–Crippen MR) is 110 cm³/mol. The van der Waals surface area contributed by atoms with Gasteiger partial charge in [-0.15, -0.1) is 11.3 Å². The lowest BCUT2D eigenvalue weighted by molar-refractivity contribution is -0.117. The van der Waals surface area contributed by atoms with Gasteiger partial charge in [0.2, 0.25) is 5.91 Å². The Morgan fingerprint density at radius 1 is 1.21 bits per heavy atom. The van der Waals surface area contributed by atoms with Gasteiger partial charge in [0.25, 0.3) is 5.89 Å². The Morgan fingerprint density at radius 2 is 2.07 bits per heavy atom. The van der Waals surface area contributed by atoms with Crippen molar-refractivity contribution in [2.45, 2.75) is 51.9 Å². The van der Waals surface area contributed by atoms with Gasteiger partial charge in [-0.2, -0.15) is 4.98 Å². The summed E-state index contributed by atoms with van der Waals surface area (Å²) in [7, 11) is 0. The first-order valence-corrected chi connectivity index (χ1v) is 10.7. The zero-order valence-corrected chi connectivity index (χ0v) is 17.0. The molecule has 5 rings (SSSR count). The van der Waals surface area contributed by atoms with Crippen LogP contribution in [-0.4, -0.2) is 22.6 Å². The zero-order valence-electron chi connectivity index (χ0n) is 16.2. The van der Waals surface area contributed by atoms with Crippen LogP contribution in [-0.2, 0) is 17.6 Å². The molecule has 1 aliphatic heterocycles. The van der Waals surface area contributed by atoms with Gasteiger partial charge in [0.1, 0.15) is 0 Å². The molecule has 1 fully saturated rings. The van der Waals surface area contributed by atoms with Crippen LogP contribution >= 0.6 is 11.3 Å². The highest BCUT2D eigenvalue weighted by molar-refractivity contribution is 7.15. The van der Waals surface area contributed by atoms with E-state index >= 15 is 0 Å². The SMILES string of the molecule is Cc1cccc(N2CC(c3noc(-c4cc5c(s4)CCCC5)n3)CC2=O)c1C. The summed E-state index contributed by atoms with van der Waals surface area (Å²) in [4.78, 5) is 21.7. The average molecular weight is 394 g/mol. The van der Waals surface area contributed by atoms with Crippen LogP contribution in [0.5, 0.6) is 0 Å². The lowest BCUT2D eigenvalue weighted by Gasteiger charge is -2.19. The van der Waals surface area contributed by atoms with Crippen molar-refractivity contribution < 1.29 is 9.32 Å². The van der Waals surface area contributed by atoms with E-state index < -0.39 is 0 Å². The fraction of sp³-hybridized carbons (Fsp3) is 0.409. The molecular formula is C22H23N3O2S. The number of nitrogens with zero attached hydrogens (tertiary/aromatic N) is 3. The van der Waals surface area contributed by atoms with Crippen LogP contribution in [0.2, 0.25) is 0 Å². The van der Waals surface area contributed by atoms with E-state index in [1.165, 1.54) is 28.8 Å². The molecule has 6 heteroatoms. The molecule has 3 aromatic rings. The standard InChI is InChI=1S/C22H23N3O2S/c1-13-6-5-8-17(14(13)2)25-12-16(11-20(25)26)21-23-22(27-24-21)19-10-15-7-3-4-9-18(15)28-19/h5-6,8,10,16H,3-4,7,9,11-12H2,1-2H3. The second kappa shape index (κ2) is 6.85. The third-order valence-electron chi connectivity index (χ3n) is 6.01. The van der Waals surface area contributed by atoms with E-state index in [2.05, 4.69) is 36.1 Å². The molecule has 1 amide bonds. The number of benzene rings is 1. The normalized spacial score (nSPS) is 19.3. The van der Waals surface area contributed by atoms with Crippen molar-refractivity contribution in [2.24, 2.45) is 0 Å². The lowest BCUT2D eigenvalue weighted by atomic mass is 9.99. The summed E-state index contributed by atoms with van der Waals surface area (Å²) in [5, 5.41) is 4.22. The topological polar surface area (TPSA) is 59.2 Å². The molecule has 1 saturated heterocycles. The van der Waals surface area contributed by atoms with Crippen molar-refractivity contribution in [3.05, 3.63) is 51.7 Å². The van der Waals surface area contributed by atoms with Crippen molar-refractivity contribution in [1.29, 1.82) is 0 Å². The molecule has 5 nitrogen and oxygen atoms in total. The summed E-state index contributed by atoms with van der Waals surface area (Å²) in [6.45, 7) is 4.74. The molecule has 2 aliphatic rings. The summed E-state index contributed by atoms with van der Waals surface area (Å²) < 4.78 is 5.58. The van der Waals surface area contributed by atoms with Crippen LogP contribution in [0.4, 0.5) is 5.69 Å². The van der Waals surface area contributed by atoms with Gasteiger partial charge in [0, 0.05) is 29.4 Å². The van der Waals surface area contributed by atoms with Crippen LogP contribution in [0.1, 0.15) is 52.6 Å². The second-order valence-corrected chi connectivity index (χ2v) is 8.99. The van der Waals surface area contributed by atoms with Gasteiger partial charge in [0.05, 0.1) is 4.88 Å². The van der Waals surface area contributed by atoms with Crippen LogP contribution in [0.25, 0.3) is 10.8 Å². The van der Waals surface area contributed by atoms with E-state index in [1.807, 2.05) is 17.0 Å². The van der Waals surface area contributed by atoms with Gasteiger partial charge in [-0.05, 0) is 68.4 Å². The number of aryl methyl sites for hydroxylation is 3. The molecule has 0 bridgehead atoms.